The third-order valence-corrected chi connectivity index (χ3v) is 2.17. The SMILES string of the molecule is COC(=O)c1cc(OC)c(Cl)c(O)c1O. The van der Waals surface area contributed by atoms with Crippen molar-refractivity contribution in [3.8, 4) is 17.2 Å². The normalized spacial score (nSPS) is 9.80. The van der Waals surface area contributed by atoms with Gasteiger partial charge in [-0.05, 0) is 0 Å². The number of hydrogen-bond donors (Lipinski definition) is 2. The van der Waals surface area contributed by atoms with E-state index in [0.29, 0.717) is 0 Å². The predicted molar refractivity (Wildman–Crippen MR) is 52.7 cm³/mol. The molecule has 2 N–H and O–H groups in total. The molecule has 0 saturated carbocycles. The molecule has 5 nitrogen and oxygen atoms in total. The lowest BCUT2D eigenvalue weighted by Crippen LogP contribution is -2.02. The summed E-state index contributed by atoms with van der Waals surface area (Å²) in [5.74, 6) is -1.96. The number of ether oxygens (including phenoxy) is 2. The van der Waals surface area contributed by atoms with Crippen molar-refractivity contribution in [3.63, 3.8) is 0 Å². The summed E-state index contributed by atoms with van der Waals surface area (Å²) >= 11 is 5.63. The fourth-order valence-corrected chi connectivity index (χ4v) is 1.25. The van der Waals surface area contributed by atoms with E-state index in [-0.39, 0.29) is 16.3 Å². The van der Waals surface area contributed by atoms with Gasteiger partial charge in [-0.15, -0.1) is 0 Å². The molecule has 0 aliphatic carbocycles. The standard InChI is InChI=1S/C9H9ClO5/c1-14-5-3-4(9(13)15-2)7(11)8(12)6(5)10/h3,11-12H,1-2H3. The van der Waals surface area contributed by atoms with E-state index < -0.39 is 17.5 Å². The monoisotopic (exact) mass is 232 g/mol. The summed E-state index contributed by atoms with van der Waals surface area (Å²) in [7, 11) is 2.47. The summed E-state index contributed by atoms with van der Waals surface area (Å²) < 4.78 is 9.21. The third-order valence-electron chi connectivity index (χ3n) is 1.80. The van der Waals surface area contributed by atoms with Crippen LogP contribution in [0.15, 0.2) is 6.07 Å². The molecule has 1 aromatic rings. The summed E-state index contributed by atoms with van der Waals surface area (Å²) in [4.78, 5) is 11.2. The molecular formula is C9H9ClO5. The van der Waals surface area contributed by atoms with Crippen LogP contribution < -0.4 is 4.74 Å². The Bertz CT molecular complexity index is 402. The van der Waals surface area contributed by atoms with Gasteiger partial charge in [0.15, 0.2) is 11.5 Å². The highest BCUT2D eigenvalue weighted by atomic mass is 35.5. The summed E-state index contributed by atoms with van der Waals surface area (Å²) in [5, 5.41) is 18.6. The van der Waals surface area contributed by atoms with Crippen molar-refractivity contribution < 1.29 is 24.5 Å². The van der Waals surface area contributed by atoms with E-state index in [2.05, 4.69) is 4.74 Å². The molecular weight excluding hydrogens is 224 g/mol. The molecule has 0 radical (unpaired) electrons. The molecule has 0 amide bonds. The van der Waals surface area contributed by atoms with Crippen LogP contribution in [0.1, 0.15) is 10.4 Å². The lowest BCUT2D eigenvalue weighted by Gasteiger charge is -2.09. The lowest BCUT2D eigenvalue weighted by molar-refractivity contribution is 0.0596. The first-order chi connectivity index (χ1) is 7.02. The van der Waals surface area contributed by atoms with Gasteiger partial charge in [0.05, 0.1) is 14.2 Å². The average Bonchev–Trinajstić information content (AvgIpc) is 2.25. The lowest BCUT2D eigenvalue weighted by atomic mass is 10.1. The number of methoxy groups -OCH3 is 2. The second-order valence-corrected chi connectivity index (χ2v) is 3.01. The van der Waals surface area contributed by atoms with Crippen molar-refractivity contribution in [2.75, 3.05) is 14.2 Å². The van der Waals surface area contributed by atoms with Gasteiger partial charge in [0.25, 0.3) is 0 Å². The largest absolute Gasteiger partial charge is 0.504 e. The number of aromatic hydroxyl groups is 2. The molecule has 0 saturated heterocycles. The van der Waals surface area contributed by atoms with Crippen LogP contribution in [0.2, 0.25) is 5.02 Å². The van der Waals surface area contributed by atoms with Crippen molar-refractivity contribution in [2.45, 2.75) is 0 Å². The van der Waals surface area contributed by atoms with E-state index in [0.717, 1.165) is 7.11 Å². The number of hydrogen-bond acceptors (Lipinski definition) is 5. The molecule has 0 fully saturated rings. The van der Waals surface area contributed by atoms with Crippen LogP contribution in [-0.4, -0.2) is 30.4 Å². The highest BCUT2D eigenvalue weighted by Crippen LogP contribution is 2.42. The zero-order chi connectivity index (χ0) is 11.6. The highest BCUT2D eigenvalue weighted by Gasteiger charge is 2.21. The van der Waals surface area contributed by atoms with Crippen molar-refractivity contribution >= 4 is 17.6 Å². The van der Waals surface area contributed by atoms with Crippen LogP contribution in [0.25, 0.3) is 0 Å². The summed E-state index contributed by atoms with van der Waals surface area (Å²) in [6.07, 6.45) is 0. The van der Waals surface area contributed by atoms with Crippen LogP contribution >= 0.6 is 11.6 Å². The fourth-order valence-electron chi connectivity index (χ4n) is 1.03. The Balaban J connectivity index is 3.41. The van der Waals surface area contributed by atoms with Gasteiger partial charge in [-0.2, -0.15) is 0 Å². The van der Waals surface area contributed by atoms with Gasteiger partial charge in [-0.1, -0.05) is 11.6 Å². The molecule has 0 unspecified atom stereocenters. The van der Waals surface area contributed by atoms with Crippen LogP contribution in [-0.2, 0) is 4.74 Å². The Morgan fingerprint density at radius 1 is 1.33 bits per heavy atom. The fraction of sp³-hybridized carbons (Fsp3) is 0.222. The molecule has 0 aliphatic rings. The molecule has 0 aromatic heterocycles. The van der Waals surface area contributed by atoms with Gasteiger partial charge in [0.1, 0.15) is 16.3 Å². The Kier molecular flexibility index (Phi) is 3.26. The van der Waals surface area contributed by atoms with Crippen molar-refractivity contribution in [3.05, 3.63) is 16.7 Å². The minimum atomic E-state index is -0.794. The first kappa shape index (κ1) is 11.5. The topological polar surface area (TPSA) is 76.0 Å². The molecule has 1 aromatic carbocycles. The first-order valence-corrected chi connectivity index (χ1v) is 4.27. The zero-order valence-electron chi connectivity index (χ0n) is 8.07. The van der Waals surface area contributed by atoms with E-state index in [4.69, 9.17) is 16.3 Å². The predicted octanol–water partition coefficient (Wildman–Crippen LogP) is 1.55. The molecule has 6 heteroatoms. The Morgan fingerprint density at radius 2 is 1.93 bits per heavy atom. The molecule has 82 valence electrons. The third kappa shape index (κ3) is 1.92. The number of carbonyl (C=O) groups is 1. The van der Waals surface area contributed by atoms with Crippen molar-refractivity contribution in [1.29, 1.82) is 0 Å². The molecule has 0 aliphatic heterocycles. The minimum Gasteiger partial charge on any atom is -0.504 e. The van der Waals surface area contributed by atoms with Crippen molar-refractivity contribution in [1.82, 2.24) is 0 Å². The number of halogens is 1. The molecule has 0 spiro atoms. The molecule has 0 bridgehead atoms. The Labute approximate surface area is 90.8 Å². The van der Waals surface area contributed by atoms with Crippen LogP contribution in [0.3, 0.4) is 0 Å². The van der Waals surface area contributed by atoms with Gasteiger partial charge in [-0.25, -0.2) is 4.79 Å². The van der Waals surface area contributed by atoms with Gasteiger partial charge in [0, 0.05) is 6.07 Å². The van der Waals surface area contributed by atoms with Crippen LogP contribution in [0, 0.1) is 0 Å². The zero-order valence-corrected chi connectivity index (χ0v) is 8.83. The molecule has 0 atom stereocenters. The molecule has 0 heterocycles. The summed E-state index contributed by atoms with van der Waals surface area (Å²) in [5.41, 5.74) is -0.212. The molecule has 15 heavy (non-hydrogen) atoms. The Hall–Kier alpha value is -1.62. The number of esters is 1. The maximum absolute atomic E-state index is 11.2. The van der Waals surface area contributed by atoms with E-state index in [1.165, 1.54) is 13.2 Å². The number of rotatable bonds is 2. The van der Waals surface area contributed by atoms with Gasteiger partial charge >= 0.3 is 5.97 Å². The average molecular weight is 233 g/mol. The number of phenolic OH excluding ortho intramolecular Hbond substituents is 2. The van der Waals surface area contributed by atoms with Gasteiger partial charge in [0.2, 0.25) is 0 Å². The van der Waals surface area contributed by atoms with E-state index >= 15 is 0 Å². The highest BCUT2D eigenvalue weighted by molar-refractivity contribution is 6.34. The van der Waals surface area contributed by atoms with E-state index in [9.17, 15) is 15.0 Å². The van der Waals surface area contributed by atoms with Crippen molar-refractivity contribution in [2.24, 2.45) is 0 Å². The summed E-state index contributed by atoms with van der Waals surface area (Å²) in [6, 6.07) is 1.18. The second-order valence-electron chi connectivity index (χ2n) is 2.63. The van der Waals surface area contributed by atoms with E-state index in [1.807, 2.05) is 0 Å². The van der Waals surface area contributed by atoms with Crippen LogP contribution in [0.5, 0.6) is 17.2 Å². The van der Waals surface area contributed by atoms with Gasteiger partial charge < -0.3 is 19.7 Å². The molecule has 1 rings (SSSR count). The Morgan fingerprint density at radius 3 is 2.40 bits per heavy atom. The quantitative estimate of drug-likeness (QED) is 0.598. The maximum atomic E-state index is 11.2. The van der Waals surface area contributed by atoms with Crippen LogP contribution in [0.4, 0.5) is 0 Å². The van der Waals surface area contributed by atoms with Gasteiger partial charge in [-0.3, -0.25) is 0 Å². The maximum Gasteiger partial charge on any atom is 0.341 e. The smallest absolute Gasteiger partial charge is 0.341 e. The minimum absolute atomic E-state index is 0.0763. The second kappa shape index (κ2) is 4.27. The number of carbonyl (C=O) groups excluding carboxylic acids is 1. The first-order valence-electron chi connectivity index (χ1n) is 3.89. The van der Waals surface area contributed by atoms with E-state index in [1.54, 1.807) is 0 Å². The summed E-state index contributed by atoms with van der Waals surface area (Å²) in [6.45, 7) is 0. The number of phenols is 2. The number of benzene rings is 1.